The second-order valence-corrected chi connectivity index (χ2v) is 7.55. The van der Waals surface area contributed by atoms with Crippen LogP contribution in [-0.2, 0) is 12.8 Å². The van der Waals surface area contributed by atoms with Gasteiger partial charge in [0.15, 0.2) is 10.8 Å². The fourth-order valence-corrected chi connectivity index (χ4v) is 4.23. The van der Waals surface area contributed by atoms with E-state index in [4.69, 9.17) is 4.42 Å². The van der Waals surface area contributed by atoms with Crippen LogP contribution in [0.1, 0.15) is 43.6 Å². The first-order valence-electron chi connectivity index (χ1n) is 7.79. The van der Waals surface area contributed by atoms with Gasteiger partial charge in [-0.1, -0.05) is 6.07 Å². The molecule has 0 saturated heterocycles. The van der Waals surface area contributed by atoms with Gasteiger partial charge in [-0.05, 0) is 37.1 Å². The Morgan fingerprint density at radius 2 is 2.00 bits per heavy atom. The summed E-state index contributed by atoms with van der Waals surface area (Å²) in [7, 11) is 0. The topological polar surface area (TPSA) is 97.1 Å². The van der Waals surface area contributed by atoms with Crippen molar-refractivity contribution < 1.29 is 14.0 Å². The van der Waals surface area contributed by atoms with Crippen molar-refractivity contribution in [2.24, 2.45) is 0 Å². The van der Waals surface area contributed by atoms with E-state index in [2.05, 4.69) is 20.6 Å². The highest BCUT2D eigenvalue weighted by atomic mass is 32.1. The standard InChI is InChI=1S/C16H14N4O3S2/c21-13(20-16-18-9-4-1-2-5-11(9)25-16)10-8-23-15(17-10)19-14(22)12-6-3-7-24-12/h3,6-8H,1-2,4-5H2,(H,17,19,22)(H,18,20,21). The summed E-state index contributed by atoms with van der Waals surface area (Å²) in [4.78, 5) is 34.5. The van der Waals surface area contributed by atoms with Gasteiger partial charge in [0.2, 0.25) is 0 Å². The van der Waals surface area contributed by atoms with Crippen LogP contribution in [0.25, 0.3) is 0 Å². The van der Waals surface area contributed by atoms with Crippen LogP contribution >= 0.6 is 22.7 Å². The molecule has 1 aliphatic rings. The van der Waals surface area contributed by atoms with E-state index >= 15 is 0 Å². The van der Waals surface area contributed by atoms with Crippen molar-refractivity contribution in [3.63, 3.8) is 0 Å². The summed E-state index contributed by atoms with van der Waals surface area (Å²) in [6.07, 6.45) is 5.50. The molecule has 1 aliphatic carbocycles. The number of rotatable bonds is 4. The van der Waals surface area contributed by atoms with E-state index in [0.717, 1.165) is 25.0 Å². The Kier molecular flexibility index (Phi) is 4.33. The lowest BCUT2D eigenvalue weighted by molar-refractivity contribution is 0.101. The van der Waals surface area contributed by atoms with Gasteiger partial charge in [-0.3, -0.25) is 20.2 Å². The summed E-state index contributed by atoms with van der Waals surface area (Å²) in [5.74, 6) is -0.733. The van der Waals surface area contributed by atoms with Crippen molar-refractivity contribution in [1.29, 1.82) is 0 Å². The van der Waals surface area contributed by atoms with Crippen molar-refractivity contribution >= 4 is 45.6 Å². The molecular weight excluding hydrogens is 360 g/mol. The zero-order valence-electron chi connectivity index (χ0n) is 13.1. The van der Waals surface area contributed by atoms with Crippen LogP contribution in [0.3, 0.4) is 0 Å². The van der Waals surface area contributed by atoms with Crippen LogP contribution in [0.4, 0.5) is 11.1 Å². The van der Waals surface area contributed by atoms with E-state index < -0.39 is 5.91 Å². The number of nitrogens with zero attached hydrogens (tertiary/aromatic N) is 2. The molecule has 0 saturated carbocycles. The third kappa shape index (κ3) is 3.47. The highest BCUT2D eigenvalue weighted by molar-refractivity contribution is 7.15. The molecular formula is C16H14N4O3S2. The van der Waals surface area contributed by atoms with E-state index in [-0.39, 0.29) is 17.6 Å². The van der Waals surface area contributed by atoms with E-state index in [1.54, 1.807) is 17.5 Å². The number of carbonyl (C=O) groups is 2. The largest absolute Gasteiger partial charge is 0.431 e. The maximum absolute atomic E-state index is 12.3. The molecule has 3 aromatic rings. The van der Waals surface area contributed by atoms with E-state index in [0.29, 0.717) is 10.0 Å². The molecule has 128 valence electrons. The lowest BCUT2D eigenvalue weighted by Crippen LogP contribution is -2.13. The third-order valence-electron chi connectivity index (χ3n) is 3.77. The molecule has 9 heteroatoms. The number of amides is 2. The Morgan fingerprint density at radius 1 is 1.12 bits per heavy atom. The van der Waals surface area contributed by atoms with Gasteiger partial charge in [-0.2, -0.15) is 4.98 Å². The number of fused-ring (bicyclic) bond motifs is 1. The number of anilines is 2. The Morgan fingerprint density at radius 3 is 2.80 bits per heavy atom. The van der Waals surface area contributed by atoms with E-state index in [1.165, 1.54) is 40.2 Å². The molecule has 0 unspecified atom stereocenters. The number of aryl methyl sites for hydroxylation is 2. The fourth-order valence-electron chi connectivity index (χ4n) is 2.57. The minimum absolute atomic E-state index is 0.0121. The lowest BCUT2D eigenvalue weighted by atomic mass is 10.0. The predicted octanol–water partition coefficient (Wildman–Crippen LogP) is 3.58. The average Bonchev–Trinajstić information content (AvgIpc) is 3.34. The molecule has 2 N–H and O–H groups in total. The van der Waals surface area contributed by atoms with Crippen LogP contribution in [0.5, 0.6) is 0 Å². The number of thiazole rings is 1. The van der Waals surface area contributed by atoms with Gasteiger partial charge in [0, 0.05) is 4.88 Å². The number of carbonyl (C=O) groups excluding carboxylic acids is 2. The lowest BCUT2D eigenvalue weighted by Gasteiger charge is -2.06. The highest BCUT2D eigenvalue weighted by Gasteiger charge is 2.19. The number of hydrogen-bond donors (Lipinski definition) is 2. The Labute approximate surface area is 151 Å². The van der Waals surface area contributed by atoms with Crippen LogP contribution < -0.4 is 10.6 Å². The zero-order valence-corrected chi connectivity index (χ0v) is 14.7. The number of thiophene rings is 1. The second-order valence-electron chi connectivity index (χ2n) is 5.52. The van der Waals surface area contributed by atoms with Crippen molar-refractivity contribution in [3.8, 4) is 0 Å². The van der Waals surface area contributed by atoms with E-state index in [1.807, 2.05) is 0 Å². The zero-order chi connectivity index (χ0) is 17.2. The van der Waals surface area contributed by atoms with Gasteiger partial charge < -0.3 is 4.42 Å². The molecule has 0 bridgehead atoms. The minimum atomic E-state index is -0.411. The highest BCUT2D eigenvalue weighted by Crippen LogP contribution is 2.29. The molecule has 3 heterocycles. The molecule has 0 aliphatic heterocycles. The van der Waals surface area contributed by atoms with Crippen molar-refractivity contribution in [1.82, 2.24) is 9.97 Å². The molecule has 25 heavy (non-hydrogen) atoms. The summed E-state index contributed by atoms with van der Waals surface area (Å²) < 4.78 is 5.16. The maximum Gasteiger partial charge on any atom is 0.302 e. The molecule has 0 radical (unpaired) electrons. The van der Waals surface area contributed by atoms with Crippen LogP contribution in [0, 0.1) is 0 Å². The number of aromatic nitrogens is 2. The molecule has 0 aromatic carbocycles. The van der Waals surface area contributed by atoms with Crippen molar-refractivity contribution in [3.05, 3.63) is 44.9 Å². The molecule has 4 rings (SSSR count). The summed E-state index contributed by atoms with van der Waals surface area (Å²) in [5, 5.41) is 7.64. The number of oxazole rings is 1. The smallest absolute Gasteiger partial charge is 0.302 e. The van der Waals surface area contributed by atoms with E-state index in [9.17, 15) is 9.59 Å². The predicted molar refractivity (Wildman–Crippen MR) is 95.5 cm³/mol. The van der Waals surface area contributed by atoms with Gasteiger partial charge in [0.05, 0.1) is 10.6 Å². The Bertz CT molecular complexity index is 890. The molecule has 7 nitrogen and oxygen atoms in total. The normalized spacial score (nSPS) is 13.3. The van der Waals surface area contributed by atoms with Crippen LogP contribution in [0.2, 0.25) is 0 Å². The summed E-state index contributed by atoms with van der Waals surface area (Å²) in [6.45, 7) is 0. The first kappa shape index (κ1) is 16.0. The number of hydrogen-bond acceptors (Lipinski definition) is 7. The molecule has 0 atom stereocenters. The van der Waals surface area contributed by atoms with Gasteiger partial charge in [-0.25, -0.2) is 4.98 Å². The average molecular weight is 374 g/mol. The fraction of sp³-hybridized carbons (Fsp3) is 0.250. The van der Waals surface area contributed by atoms with Gasteiger partial charge >= 0.3 is 6.01 Å². The Balaban J connectivity index is 1.42. The van der Waals surface area contributed by atoms with Gasteiger partial charge in [-0.15, -0.1) is 22.7 Å². The van der Waals surface area contributed by atoms with Gasteiger partial charge in [0.25, 0.3) is 11.8 Å². The van der Waals surface area contributed by atoms with Crippen LogP contribution in [-0.4, -0.2) is 21.8 Å². The molecule has 2 amide bonds. The SMILES string of the molecule is O=C(Nc1nc2c(s1)CCCC2)c1coc(NC(=O)c2cccs2)n1. The Hall–Kier alpha value is -2.52. The first-order valence-corrected chi connectivity index (χ1v) is 9.49. The van der Waals surface area contributed by atoms with Gasteiger partial charge in [0.1, 0.15) is 6.26 Å². The molecule has 0 spiro atoms. The summed E-state index contributed by atoms with van der Waals surface area (Å²) in [6, 6.07) is 3.46. The van der Waals surface area contributed by atoms with Crippen molar-refractivity contribution in [2.45, 2.75) is 25.7 Å². The summed E-state index contributed by atoms with van der Waals surface area (Å²) >= 11 is 2.81. The monoisotopic (exact) mass is 374 g/mol. The second kappa shape index (κ2) is 6.77. The summed E-state index contributed by atoms with van der Waals surface area (Å²) in [5.41, 5.74) is 1.17. The molecule has 3 aromatic heterocycles. The minimum Gasteiger partial charge on any atom is -0.431 e. The van der Waals surface area contributed by atoms with Crippen molar-refractivity contribution in [2.75, 3.05) is 10.6 Å². The van der Waals surface area contributed by atoms with Crippen LogP contribution in [0.15, 0.2) is 28.2 Å². The third-order valence-corrected chi connectivity index (χ3v) is 5.71. The molecule has 0 fully saturated rings. The maximum atomic E-state index is 12.3. The number of nitrogens with one attached hydrogen (secondary N) is 2. The quantitative estimate of drug-likeness (QED) is 0.727. The first-order chi connectivity index (χ1) is 12.2.